The van der Waals surface area contributed by atoms with Gasteiger partial charge in [0.15, 0.2) is 17.3 Å². The molecular formula is C24H20N4O3S. The number of aromatic amines is 1. The van der Waals surface area contributed by atoms with Crippen LogP contribution in [0.2, 0.25) is 0 Å². The highest BCUT2D eigenvalue weighted by Gasteiger charge is 2.22. The molecule has 32 heavy (non-hydrogen) atoms. The second-order valence-corrected chi connectivity index (χ2v) is 8.85. The Morgan fingerprint density at radius 1 is 1.12 bits per heavy atom. The number of benzene rings is 1. The highest BCUT2D eigenvalue weighted by atomic mass is 32.1. The van der Waals surface area contributed by atoms with Gasteiger partial charge in [0, 0.05) is 37.8 Å². The summed E-state index contributed by atoms with van der Waals surface area (Å²) in [5, 5.41) is 1.99. The molecule has 1 N–H and O–H groups in total. The van der Waals surface area contributed by atoms with Crippen molar-refractivity contribution in [2.45, 2.75) is 19.5 Å². The van der Waals surface area contributed by atoms with Crippen molar-refractivity contribution in [2.75, 3.05) is 13.3 Å². The number of fused-ring (bicyclic) bond motifs is 2. The van der Waals surface area contributed by atoms with E-state index < -0.39 is 0 Å². The summed E-state index contributed by atoms with van der Waals surface area (Å²) in [6.07, 6.45) is 2.66. The Bertz CT molecular complexity index is 1330. The predicted molar refractivity (Wildman–Crippen MR) is 122 cm³/mol. The Kier molecular flexibility index (Phi) is 4.74. The number of aromatic nitrogens is 3. The van der Waals surface area contributed by atoms with Crippen molar-refractivity contribution in [3.8, 4) is 33.5 Å². The third-order valence-electron chi connectivity index (χ3n) is 5.80. The van der Waals surface area contributed by atoms with Crippen LogP contribution < -0.4 is 15.0 Å². The zero-order valence-electron chi connectivity index (χ0n) is 17.2. The minimum atomic E-state index is -0.0422. The lowest BCUT2D eigenvalue weighted by atomic mass is 10.1. The number of nitrogens with one attached hydrogen (secondary N) is 1. The molecule has 0 radical (unpaired) electrons. The highest BCUT2D eigenvalue weighted by molar-refractivity contribution is 7.13. The Balaban J connectivity index is 1.17. The Morgan fingerprint density at radius 2 is 2.06 bits per heavy atom. The molecule has 160 valence electrons. The fourth-order valence-corrected chi connectivity index (χ4v) is 4.82. The van der Waals surface area contributed by atoms with Gasteiger partial charge in [-0.1, -0.05) is 12.1 Å². The van der Waals surface area contributed by atoms with Gasteiger partial charge in [-0.2, -0.15) is 0 Å². The summed E-state index contributed by atoms with van der Waals surface area (Å²) in [6, 6.07) is 13.9. The molecule has 7 nitrogen and oxygen atoms in total. The number of pyridine rings is 1. The lowest BCUT2D eigenvalue weighted by Gasteiger charge is -2.27. The van der Waals surface area contributed by atoms with E-state index in [0.717, 1.165) is 64.0 Å². The van der Waals surface area contributed by atoms with Crippen LogP contribution in [0.4, 0.5) is 0 Å². The summed E-state index contributed by atoms with van der Waals surface area (Å²) >= 11 is 1.58. The van der Waals surface area contributed by atoms with E-state index in [1.54, 1.807) is 11.3 Å². The summed E-state index contributed by atoms with van der Waals surface area (Å²) in [5.41, 5.74) is 4.62. The zero-order chi connectivity index (χ0) is 21.5. The van der Waals surface area contributed by atoms with Crippen molar-refractivity contribution >= 4 is 11.3 Å². The third kappa shape index (κ3) is 3.57. The van der Waals surface area contributed by atoms with Crippen LogP contribution >= 0.6 is 11.3 Å². The molecule has 0 fully saturated rings. The van der Waals surface area contributed by atoms with E-state index in [9.17, 15) is 4.79 Å². The van der Waals surface area contributed by atoms with Crippen molar-refractivity contribution in [2.24, 2.45) is 0 Å². The monoisotopic (exact) mass is 444 g/mol. The van der Waals surface area contributed by atoms with Gasteiger partial charge >= 0.3 is 0 Å². The lowest BCUT2D eigenvalue weighted by Crippen LogP contribution is -2.35. The smallest absolute Gasteiger partial charge is 0.255 e. The van der Waals surface area contributed by atoms with Gasteiger partial charge in [-0.05, 0) is 41.3 Å². The fraction of sp³-hybridized carbons (Fsp3) is 0.208. The molecule has 0 atom stereocenters. The molecule has 0 bridgehead atoms. The van der Waals surface area contributed by atoms with E-state index in [2.05, 4.69) is 20.9 Å². The molecule has 0 aliphatic carbocycles. The van der Waals surface area contributed by atoms with Gasteiger partial charge in [-0.25, -0.2) is 4.98 Å². The standard InChI is InChI=1S/C24H20N4O3S/c29-24-17-13-28(8-7-19(17)26-23(27-24)22-2-1-9-32-22)12-15-3-5-18(25-11-15)16-4-6-20-21(10-16)31-14-30-20/h1-6,9-11H,7-8,12-14H2,(H,26,27,29). The first-order valence-corrected chi connectivity index (χ1v) is 11.3. The van der Waals surface area contributed by atoms with Crippen LogP contribution in [0.15, 0.2) is 58.8 Å². The van der Waals surface area contributed by atoms with E-state index >= 15 is 0 Å². The third-order valence-corrected chi connectivity index (χ3v) is 6.68. The number of ether oxygens (including phenoxy) is 2. The van der Waals surface area contributed by atoms with Crippen molar-refractivity contribution in [1.29, 1.82) is 0 Å². The molecule has 0 saturated heterocycles. The highest BCUT2D eigenvalue weighted by Crippen LogP contribution is 2.35. The molecule has 3 aromatic heterocycles. The van der Waals surface area contributed by atoms with E-state index in [1.807, 2.05) is 48.0 Å². The normalized spacial score (nSPS) is 15.0. The van der Waals surface area contributed by atoms with E-state index in [1.165, 1.54) is 0 Å². The molecule has 0 spiro atoms. The Labute approximate surface area is 188 Å². The predicted octanol–water partition coefficient (Wildman–Crippen LogP) is 3.85. The Morgan fingerprint density at radius 3 is 2.91 bits per heavy atom. The van der Waals surface area contributed by atoms with E-state index in [-0.39, 0.29) is 12.4 Å². The average Bonchev–Trinajstić information content (AvgIpc) is 3.52. The van der Waals surface area contributed by atoms with Crippen molar-refractivity contribution < 1.29 is 9.47 Å². The van der Waals surface area contributed by atoms with Crippen LogP contribution in [0.3, 0.4) is 0 Å². The van der Waals surface area contributed by atoms with Gasteiger partial charge in [-0.15, -0.1) is 11.3 Å². The maximum atomic E-state index is 12.7. The van der Waals surface area contributed by atoms with Gasteiger partial charge in [-0.3, -0.25) is 14.7 Å². The van der Waals surface area contributed by atoms with Crippen LogP contribution in [-0.4, -0.2) is 33.2 Å². The summed E-state index contributed by atoms with van der Waals surface area (Å²) in [4.78, 5) is 28.3. The summed E-state index contributed by atoms with van der Waals surface area (Å²) in [6.45, 7) is 2.45. The summed E-state index contributed by atoms with van der Waals surface area (Å²) in [7, 11) is 0. The van der Waals surface area contributed by atoms with Gasteiger partial charge < -0.3 is 14.5 Å². The molecule has 0 saturated carbocycles. The van der Waals surface area contributed by atoms with Gasteiger partial charge in [0.2, 0.25) is 6.79 Å². The van der Waals surface area contributed by atoms with Crippen LogP contribution in [0.5, 0.6) is 11.5 Å². The maximum Gasteiger partial charge on any atom is 0.255 e. The minimum absolute atomic E-state index is 0.0422. The molecule has 1 aromatic carbocycles. The number of hydrogen-bond acceptors (Lipinski definition) is 7. The molecule has 6 rings (SSSR count). The SMILES string of the molecule is O=c1[nH]c(-c2cccs2)nc2c1CN(Cc1ccc(-c3ccc4c(c3)OCO4)nc1)CC2. The number of H-pyrrole nitrogens is 1. The van der Waals surface area contributed by atoms with Crippen LogP contribution in [0.25, 0.3) is 22.0 Å². The minimum Gasteiger partial charge on any atom is -0.454 e. The van der Waals surface area contributed by atoms with Crippen LogP contribution in [0, 0.1) is 0 Å². The number of rotatable bonds is 4. The Hall–Kier alpha value is -3.49. The topological polar surface area (TPSA) is 80.3 Å². The average molecular weight is 445 g/mol. The first-order valence-electron chi connectivity index (χ1n) is 10.5. The number of hydrogen-bond donors (Lipinski definition) is 1. The fourth-order valence-electron chi connectivity index (χ4n) is 4.15. The van der Waals surface area contributed by atoms with Gasteiger partial charge in [0.1, 0.15) is 0 Å². The molecule has 5 heterocycles. The van der Waals surface area contributed by atoms with E-state index in [0.29, 0.717) is 12.4 Å². The number of nitrogens with zero attached hydrogens (tertiary/aromatic N) is 3. The van der Waals surface area contributed by atoms with Crippen molar-refractivity contribution in [3.63, 3.8) is 0 Å². The zero-order valence-corrected chi connectivity index (χ0v) is 18.0. The summed E-state index contributed by atoms with van der Waals surface area (Å²) in [5.74, 6) is 2.18. The molecule has 4 aromatic rings. The van der Waals surface area contributed by atoms with Crippen molar-refractivity contribution in [1.82, 2.24) is 19.9 Å². The van der Waals surface area contributed by atoms with Gasteiger partial charge in [0.25, 0.3) is 5.56 Å². The molecule has 2 aliphatic rings. The van der Waals surface area contributed by atoms with Crippen LogP contribution in [-0.2, 0) is 19.5 Å². The quantitative estimate of drug-likeness (QED) is 0.515. The maximum absolute atomic E-state index is 12.7. The largest absolute Gasteiger partial charge is 0.454 e. The van der Waals surface area contributed by atoms with Crippen molar-refractivity contribution in [3.05, 3.63) is 81.2 Å². The van der Waals surface area contributed by atoms with Gasteiger partial charge in [0.05, 0.1) is 21.8 Å². The first-order chi connectivity index (χ1) is 15.7. The second-order valence-electron chi connectivity index (χ2n) is 7.90. The molecule has 8 heteroatoms. The molecule has 0 unspecified atom stereocenters. The first kappa shape index (κ1) is 19.2. The van der Waals surface area contributed by atoms with E-state index in [4.69, 9.17) is 14.5 Å². The molecular weight excluding hydrogens is 424 g/mol. The summed E-state index contributed by atoms with van der Waals surface area (Å²) < 4.78 is 10.8. The molecule has 0 amide bonds. The number of thiophene rings is 1. The van der Waals surface area contributed by atoms with Crippen LogP contribution in [0.1, 0.15) is 16.8 Å². The second kappa shape index (κ2) is 7.89. The lowest BCUT2D eigenvalue weighted by molar-refractivity contribution is 0.174. The molecule has 2 aliphatic heterocycles.